The number of rotatable bonds is 12. The van der Waals surface area contributed by atoms with Gasteiger partial charge in [-0.1, -0.05) is 127 Å². The van der Waals surface area contributed by atoms with Gasteiger partial charge in [-0.3, -0.25) is 0 Å². The van der Waals surface area contributed by atoms with E-state index in [1.54, 1.807) is 5.57 Å². The molecule has 0 saturated carbocycles. The zero-order chi connectivity index (χ0) is 21.3. The molecule has 0 fully saturated rings. The highest BCUT2D eigenvalue weighted by Crippen LogP contribution is 2.30. The number of benzene rings is 2. The van der Waals surface area contributed by atoms with E-state index in [-0.39, 0.29) is 0 Å². The summed E-state index contributed by atoms with van der Waals surface area (Å²) in [7, 11) is 0. The van der Waals surface area contributed by atoms with E-state index in [2.05, 4.69) is 76.2 Å². The molecule has 3 rings (SSSR count). The Kier molecular flexibility index (Phi) is 8.79. The number of hydrogen-bond donors (Lipinski definition) is 0. The predicted octanol–water partition coefficient (Wildman–Crippen LogP) is 7.86. The molecule has 2 atom stereocenters. The first kappa shape index (κ1) is 22.9. The summed E-state index contributed by atoms with van der Waals surface area (Å²) in [5.74, 6) is 1.64. The van der Waals surface area contributed by atoms with Crippen molar-refractivity contribution in [2.24, 2.45) is 11.8 Å². The van der Waals surface area contributed by atoms with Gasteiger partial charge in [0.05, 0.1) is 0 Å². The van der Waals surface area contributed by atoms with Gasteiger partial charge < -0.3 is 0 Å². The van der Waals surface area contributed by atoms with Crippen LogP contribution in [-0.4, -0.2) is 0 Å². The van der Waals surface area contributed by atoms with Crippen molar-refractivity contribution in [3.8, 4) is 11.1 Å². The van der Waals surface area contributed by atoms with Crippen LogP contribution in [0.4, 0.5) is 0 Å². The van der Waals surface area contributed by atoms with Crippen molar-refractivity contribution in [1.29, 1.82) is 0 Å². The van der Waals surface area contributed by atoms with Gasteiger partial charge in [-0.15, -0.1) is 0 Å². The first-order chi connectivity index (χ1) is 14.7. The second kappa shape index (κ2) is 11.5. The summed E-state index contributed by atoms with van der Waals surface area (Å²) in [5, 5.41) is 3.01. The van der Waals surface area contributed by atoms with E-state index >= 15 is 0 Å². The minimum absolute atomic E-state index is 0.822. The zero-order valence-corrected chi connectivity index (χ0v) is 19.8. The Morgan fingerprint density at radius 3 is 1.90 bits per heavy atom. The third-order valence-electron chi connectivity index (χ3n) is 7.19. The smallest absolute Gasteiger partial charge is 0.00992 e. The molecule has 0 N–H and O–H groups in total. The summed E-state index contributed by atoms with van der Waals surface area (Å²) < 4.78 is 0. The Labute approximate surface area is 185 Å². The van der Waals surface area contributed by atoms with Gasteiger partial charge in [0.2, 0.25) is 0 Å². The number of hydrogen-bond acceptors (Lipinski definition) is 0. The van der Waals surface area contributed by atoms with E-state index in [0.29, 0.717) is 0 Å². The monoisotopic (exact) mass is 402 g/mol. The molecular weight excluding hydrogens is 360 g/mol. The molecule has 162 valence electrons. The summed E-state index contributed by atoms with van der Waals surface area (Å²) in [4.78, 5) is 0. The highest BCUT2D eigenvalue weighted by molar-refractivity contribution is 5.83. The van der Waals surface area contributed by atoms with Crippen molar-refractivity contribution < 1.29 is 0 Å². The molecule has 0 spiro atoms. The third kappa shape index (κ3) is 5.45. The molecule has 0 nitrogen and oxygen atoms in total. The van der Waals surface area contributed by atoms with Gasteiger partial charge in [0.25, 0.3) is 0 Å². The van der Waals surface area contributed by atoms with E-state index in [0.717, 1.165) is 11.8 Å². The maximum Gasteiger partial charge on any atom is -0.00992 e. The van der Waals surface area contributed by atoms with Crippen LogP contribution in [0.1, 0.15) is 97.5 Å². The highest BCUT2D eigenvalue weighted by atomic mass is 14.2. The molecule has 0 radical (unpaired) electrons. The van der Waals surface area contributed by atoms with Gasteiger partial charge in [-0.25, -0.2) is 0 Å². The van der Waals surface area contributed by atoms with Gasteiger partial charge >= 0.3 is 0 Å². The first-order valence-electron chi connectivity index (χ1n) is 12.6. The van der Waals surface area contributed by atoms with Crippen LogP contribution in [0.5, 0.6) is 0 Å². The molecule has 0 aromatic heterocycles. The molecule has 0 aliphatic heterocycles. The SMILES string of the molecule is CCCCC(CC)CC(CC(CC)CCCC)=c1cccc2c1=Cc1ccccc1-2. The van der Waals surface area contributed by atoms with E-state index in [4.69, 9.17) is 0 Å². The van der Waals surface area contributed by atoms with Crippen LogP contribution in [-0.2, 0) is 0 Å². The van der Waals surface area contributed by atoms with E-state index in [9.17, 15) is 0 Å². The summed E-state index contributed by atoms with van der Waals surface area (Å²) in [6, 6.07) is 15.9. The lowest BCUT2D eigenvalue weighted by molar-refractivity contribution is 0.429. The van der Waals surface area contributed by atoms with Crippen LogP contribution in [0.15, 0.2) is 42.5 Å². The lowest BCUT2D eigenvalue weighted by Gasteiger charge is -2.22. The molecule has 2 aromatic rings. The van der Waals surface area contributed by atoms with Crippen LogP contribution < -0.4 is 10.4 Å². The maximum atomic E-state index is 2.44. The summed E-state index contributed by atoms with van der Waals surface area (Å²) in [5.41, 5.74) is 5.95. The second-order valence-corrected chi connectivity index (χ2v) is 9.34. The van der Waals surface area contributed by atoms with Crippen molar-refractivity contribution in [3.63, 3.8) is 0 Å². The van der Waals surface area contributed by atoms with Gasteiger partial charge in [0.15, 0.2) is 0 Å². The van der Waals surface area contributed by atoms with Crippen molar-refractivity contribution in [1.82, 2.24) is 0 Å². The normalized spacial score (nSPS) is 14.0. The van der Waals surface area contributed by atoms with Gasteiger partial charge in [-0.2, -0.15) is 0 Å². The summed E-state index contributed by atoms with van der Waals surface area (Å²) >= 11 is 0. The molecule has 1 aliphatic carbocycles. The molecule has 0 saturated heterocycles. The first-order valence-corrected chi connectivity index (χ1v) is 12.6. The Morgan fingerprint density at radius 2 is 1.30 bits per heavy atom. The van der Waals surface area contributed by atoms with Crippen LogP contribution in [0.25, 0.3) is 22.8 Å². The quantitative estimate of drug-likeness (QED) is 0.289. The van der Waals surface area contributed by atoms with Crippen LogP contribution >= 0.6 is 0 Å². The van der Waals surface area contributed by atoms with E-state index in [1.807, 2.05) is 0 Å². The lowest BCUT2D eigenvalue weighted by Crippen LogP contribution is -2.28. The number of unbranched alkanes of at least 4 members (excludes halogenated alkanes) is 2. The third-order valence-corrected chi connectivity index (χ3v) is 7.19. The van der Waals surface area contributed by atoms with Crippen molar-refractivity contribution in [3.05, 3.63) is 58.5 Å². The average molecular weight is 403 g/mol. The van der Waals surface area contributed by atoms with Crippen LogP contribution in [0, 0.1) is 11.8 Å². The van der Waals surface area contributed by atoms with Gasteiger partial charge in [0.1, 0.15) is 0 Å². The van der Waals surface area contributed by atoms with E-state index in [1.165, 1.54) is 91.3 Å². The molecule has 1 aliphatic rings. The number of fused-ring (bicyclic) bond motifs is 3. The largest absolute Gasteiger partial charge is 0.0654 e. The fourth-order valence-corrected chi connectivity index (χ4v) is 5.17. The van der Waals surface area contributed by atoms with E-state index < -0.39 is 0 Å². The highest BCUT2D eigenvalue weighted by Gasteiger charge is 2.17. The predicted molar refractivity (Wildman–Crippen MR) is 134 cm³/mol. The lowest BCUT2D eigenvalue weighted by atomic mass is 9.84. The Morgan fingerprint density at radius 1 is 0.700 bits per heavy atom. The minimum Gasteiger partial charge on any atom is -0.0654 e. The zero-order valence-electron chi connectivity index (χ0n) is 19.8. The average Bonchev–Trinajstić information content (AvgIpc) is 3.17. The molecule has 2 aromatic carbocycles. The van der Waals surface area contributed by atoms with Gasteiger partial charge in [0, 0.05) is 0 Å². The molecule has 0 amide bonds. The molecule has 30 heavy (non-hydrogen) atoms. The summed E-state index contributed by atoms with van der Waals surface area (Å²) in [6.45, 7) is 9.43. The molecule has 0 bridgehead atoms. The fraction of sp³-hybridized carbons (Fsp3) is 0.533. The minimum atomic E-state index is 0.822. The van der Waals surface area contributed by atoms with Crippen LogP contribution in [0.3, 0.4) is 0 Å². The standard InChI is InChI=1S/C30H42/c1-5-9-14-23(7-3)20-26(21-24(8-4)15-10-6-2)28-18-13-19-29-27-17-12-11-16-25(27)22-30(28)29/h11-13,16-19,22-24H,5-10,14-15,20-21H2,1-4H3. The van der Waals surface area contributed by atoms with Crippen molar-refractivity contribution in [2.45, 2.75) is 91.9 Å². The molecule has 0 heterocycles. The fourth-order valence-electron chi connectivity index (χ4n) is 5.17. The van der Waals surface area contributed by atoms with Gasteiger partial charge in [-0.05, 0) is 57.9 Å². The molecular formula is C30H42. The second-order valence-electron chi connectivity index (χ2n) is 9.34. The Hall–Kier alpha value is -1.82. The molecule has 2 unspecified atom stereocenters. The summed E-state index contributed by atoms with van der Waals surface area (Å²) in [6.07, 6.45) is 15.7. The Bertz CT molecular complexity index is 897. The molecule has 0 heteroatoms. The van der Waals surface area contributed by atoms with Crippen molar-refractivity contribution >= 4 is 11.6 Å². The maximum absolute atomic E-state index is 2.44. The Balaban J connectivity index is 2.06. The van der Waals surface area contributed by atoms with Crippen molar-refractivity contribution in [2.75, 3.05) is 0 Å². The van der Waals surface area contributed by atoms with Crippen LogP contribution in [0.2, 0.25) is 0 Å². The topological polar surface area (TPSA) is 0 Å².